The van der Waals surface area contributed by atoms with Gasteiger partial charge in [-0.1, -0.05) is 24.3 Å². The van der Waals surface area contributed by atoms with Gasteiger partial charge in [-0.05, 0) is 18.4 Å². The average molecular weight is 287 g/mol. The Labute approximate surface area is 122 Å². The summed E-state index contributed by atoms with van der Waals surface area (Å²) in [6, 6.07) is 7.30. The van der Waals surface area contributed by atoms with E-state index in [1.807, 2.05) is 24.3 Å². The number of hydroxylamine groups is 2. The SMILES string of the molecule is O=C(NCc1ccc(-c2cnco2)cc1)C1CCCN1O. The highest BCUT2D eigenvalue weighted by atomic mass is 16.5. The maximum absolute atomic E-state index is 11.9. The standard InChI is InChI=1S/C15H17N3O3/c19-15(13-2-1-7-18(13)20)17-8-11-3-5-12(6-4-11)14-9-16-10-21-14/h3-6,9-10,13,20H,1-2,7-8H2,(H,17,19). The van der Waals surface area contributed by atoms with Crippen molar-refractivity contribution in [2.24, 2.45) is 0 Å². The molecule has 1 atom stereocenters. The van der Waals surface area contributed by atoms with Crippen molar-refractivity contribution in [3.05, 3.63) is 42.4 Å². The van der Waals surface area contributed by atoms with Gasteiger partial charge in [-0.2, -0.15) is 5.06 Å². The molecule has 21 heavy (non-hydrogen) atoms. The third-order valence-electron chi connectivity index (χ3n) is 3.66. The Kier molecular flexibility index (Phi) is 3.98. The first-order chi connectivity index (χ1) is 10.2. The summed E-state index contributed by atoms with van der Waals surface area (Å²) in [7, 11) is 0. The van der Waals surface area contributed by atoms with E-state index in [2.05, 4.69) is 10.3 Å². The number of oxazole rings is 1. The minimum atomic E-state index is -0.418. The van der Waals surface area contributed by atoms with Crippen LogP contribution in [-0.2, 0) is 11.3 Å². The lowest BCUT2D eigenvalue weighted by molar-refractivity contribution is -0.145. The van der Waals surface area contributed by atoms with Crippen molar-refractivity contribution in [3.63, 3.8) is 0 Å². The summed E-state index contributed by atoms with van der Waals surface area (Å²) in [4.78, 5) is 15.8. The van der Waals surface area contributed by atoms with Crippen molar-refractivity contribution in [1.29, 1.82) is 0 Å². The molecule has 0 radical (unpaired) electrons. The molecule has 1 amide bonds. The Bertz CT molecular complexity index is 595. The molecule has 1 fully saturated rings. The van der Waals surface area contributed by atoms with Crippen LogP contribution in [0.4, 0.5) is 0 Å². The number of carbonyl (C=O) groups is 1. The Morgan fingerprint density at radius 1 is 1.43 bits per heavy atom. The van der Waals surface area contributed by atoms with Crippen LogP contribution in [-0.4, -0.2) is 33.7 Å². The third-order valence-corrected chi connectivity index (χ3v) is 3.66. The number of amides is 1. The number of nitrogens with zero attached hydrogens (tertiary/aromatic N) is 2. The van der Waals surface area contributed by atoms with Gasteiger partial charge in [0.2, 0.25) is 5.91 Å². The zero-order valence-corrected chi connectivity index (χ0v) is 11.5. The van der Waals surface area contributed by atoms with Gasteiger partial charge in [0.1, 0.15) is 6.04 Å². The molecule has 1 aliphatic rings. The van der Waals surface area contributed by atoms with Crippen molar-refractivity contribution in [2.75, 3.05) is 6.54 Å². The van der Waals surface area contributed by atoms with E-state index >= 15 is 0 Å². The van der Waals surface area contributed by atoms with Crippen LogP contribution < -0.4 is 5.32 Å². The molecule has 6 heteroatoms. The van der Waals surface area contributed by atoms with E-state index in [0.29, 0.717) is 25.3 Å². The first kappa shape index (κ1) is 13.8. The summed E-state index contributed by atoms with van der Waals surface area (Å²) in [5.74, 6) is 0.585. The summed E-state index contributed by atoms with van der Waals surface area (Å²) in [5, 5.41) is 13.5. The van der Waals surface area contributed by atoms with Crippen molar-refractivity contribution >= 4 is 5.91 Å². The summed E-state index contributed by atoms with van der Waals surface area (Å²) in [6.07, 6.45) is 4.60. The maximum atomic E-state index is 11.9. The molecule has 2 N–H and O–H groups in total. The van der Waals surface area contributed by atoms with E-state index < -0.39 is 6.04 Å². The van der Waals surface area contributed by atoms with Crippen LogP contribution in [0.5, 0.6) is 0 Å². The second-order valence-electron chi connectivity index (χ2n) is 5.10. The van der Waals surface area contributed by atoms with Gasteiger partial charge in [0, 0.05) is 18.7 Å². The quantitative estimate of drug-likeness (QED) is 0.896. The molecule has 3 rings (SSSR count). The van der Waals surface area contributed by atoms with E-state index in [4.69, 9.17) is 4.42 Å². The normalized spacial score (nSPS) is 18.8. The van der Waals surface area contributed by atoms with Gasteiger partial charge in [0.05, 0.1) is 6.20 Å². The van der Waals surface area contributed by atoms with Crippen LogP contribution in [0.1, 0.15) is 18.4 Å². The fraction of sp³-hybridized carbons (Fsp3) is 0.333. The van der Waals surface area contributed by atoms with Crippen LogP contribution in [0.3, 0.4) is 0 Å². The van der Waals surface area contributed by atoms with E-state index in [-0.39, 0.29) is 5.91 Å². The molecule has 2 heterocycles. The average Bonchev–Trinajstić information content (AvgIpc) is 3.16. The first-order valence-electron chi connectivity index (χ1n) is 6.95. The fourth-order valence-electron chi connectivity index (χ4n) is 2.47. The summed E-state index contributed by atoms with van der Waals surface area (Å²) >= 11 is 0. The van der Waals surface area contributed by atoms with E-state index in [1.54, 1.807) is 6.20 Å². The molecule has 1 aliphatic heterocycles. The predicted octanol–water partition coefficient (Wildman–Crippen LogP) is 1.81. The van der Waals surface area contributed by atoms with Gasteiger partial charge in [-0.15, -0.1) is 0 Å². The molecule has 1 saturated heterocycles. The number of benzene rings is 1. The van der Waals surface area contributed by atoms with Crippen molar-refractivity contribution in [3.8, 4) is 11.3 Å². The first-order valence-corrected chi connectivity index (χ1v) is 6.95. The van der Waals surface area contributed by atoms with Crippen molar-refractivity contribution < 1.29 is 14.4 Å². The van der Waals surface area contributed by atoms with E-state index in [9.17, 15) is 10.0 Å². The molecule has 1 aromatic carbocycles. The van der Waals surface area contributed by atoms with Crippen LogP contribution in [0, 0.1) is 0 Å². The smallest absolute Gasteiger partial charge is 0.240 e. The zero-order valence-electron chi connectivity index (χ0n) is 11.5. The molecule has 0 spiro atoms. The summed E-state index contributed by atoms with van der Waals surface area (Å²) in [5.41, 5.74) is 1.94. The maximum Gasteiger partial charge on any atom is 0.240 e. The van der Waals surface area contributed by atoms with Crippen LogP contribution in [0.15, 0.2) is 41.3 Å². The fourth-order valence-corrected chi connectivity index (χ4v) is 2.47. The molecule has 6 nitrogen and oxygen atoms in total. The molecular formula is C15H17N3O3. The van der Waals surface area contributed by atoms with Gasteiger partial charge in [0.25, 0.3) is 0 Å². The van der Waals surface area contributed by atoms with Crippen LogP contribution in [0.25, 0.3) is 11.3 Å². The van der Waals surface area contributed by atoms with Crippen molar-refractivity contribution in [1.82, 2.24) is 15.4 Å². The minimum absolute atomic E-state index is 0.130. The number of carbonyl (C=O) groups excluding carboxylic acids is 1. The number of hydrogen-bond donors (Lipinski definition) is 2. The Balaban J connectivity index is 1.57. The van der Waals surface area contributed by atoms with E-state index in [1.165, 1.54) is 6.39 Å². The molecule has 110 valence electrons. The second-order valence-corrected chi connectivity index (χ2v) is 5.10. The highest BCUT2D eigenvalue weighted by Gasteiger charge is 2.29. The van der Waals surface area contributed by atoms with Crippen molar-refractivity contribution in [2.45, 2.75) is 25.4 Å². The lowest BCUT2D eigenvalue weighted by Gasteiger charge is -2.16. The number of hydrogen-bond acceptors (Lipinski definition) is 5. The number of rotatable bonds is 4. The van der Waals surface area contributed by atoms with Crippen LogP contribution >= 0.6 is 0 Å². The summed E-state index contributed by atoms with van der Waals surface area (Å²) < 4.78 is 5.22. The monoisotopic (exact) mass is 287 g/mol. The molecule has 0 saturated carbocycles. The Morgan fingerprint density at radius 2 is 2.24 bits per heavy atom. The lowest BCUT2D eigenvalue weighted by atomic mass is 10.1. The van der Waals surface area contributed by atoms with Gasteiger partial charge < -0.3 is 14.9 Å². The highest BCUT2D eigenvalue weighted by molar-refractivity contribution is 5.81. The topological polar surface area (TPSA) is 78.6 Å². The minimum Gasteiger partial charge on any atom is -0.444 e. The van der Waals surface area contributed by atoms with Crippen LogP contribution in [0.2, 0.25) is 0 Å². The van der Waals surface area contributed by atoms with Gasteiger partial charge in [0.15, 0.2) is 12.2 Å². The molecule has 1 aromatic heterocycles. The van der Waals surface area contributed by atoms with E-state index in [0.717, 1.165) is 22.6 Å². The predicted molar refractivity (Wildman–Crippen MR) is 75.3 cm³/mol. The third kappa shape index (κ3) is 3.12. The Morgan fingerprint density at radius 3 is 2.86 bits per heavy atom. The molecule has 1 unspecified atom stereocenters. The zero-order chi connectivity index (χ0) is 14.7. The lowest BCUT2D eigenvalue weighted by Crippen LogP contribution is -2.41. The van der Waals surface area contributed by atoms with Gasteiger partial charge in [-0.3, -0.25) is 4.79 Å². The number of aromatic nitrogens is 1. The molecule has 0 bridgehead atoms. The molecular weight excluding hydrogens is 270 g/mol. The Hall–Kier alpha value is -2.18. The highest BCUT2D eigenvalue weighted by Crippen LogP contribution is 2.19. The van der Waals surface area contributed by atoms with Gasteiger partial charge >= 0.3 is 0 Å². The number of nitrogens with one attached hydrogen (secondary N) is 1. The van der Waals surface area contributed by atoms with Gasteiger partial charge in [-0.25, -0.2) is 4.98 Å². The molecule has 2 aromatic rings. The largest absolute Gasteiger partial charge is 0.444 e. The second kappa shape index (κ2) is 6.07. The summed E-state index contributed by atoms with van der Waals surface area (Å²) in [6.45, 7) is 1.00. The molecule has 0 aliphatic carbocycles.